The van der Waals surface area contributed by atoms with Crippen LogP contribution in [0.25, 0.3) is 0 Å². The lowest BCUT2D eigenvalue weighted by Gasteiger charge is -2.23. The van der Waals surface area contributed by atoms with Crippen molar-refractivity contribution in [3.63, 3.8) is 0 Å². The van der Waals surface area contributed by atoms with Crippen LogP contribution in [-0.4, -0.2) is 29.8 Å². The fourth-order valence-corrected chi connectivity index (χ4v) is 1.60. The number of aryl methyl sites for hydroxylation is 1. The molecule has 0 aliphatic rings. The minimum Gasteiger partial charge on any atom is -0.338 e. The van der Waals surface area contributed by atoms with Gasteiger partial charge in [0, 0.05) is 24.5 Å². The Morgan fingerprint density at radius 1 is 1.38 bits per heavy atom. The van der Waals surface area contributed by atoms with Gasteiger partial charge >= 0.3 is 0 Å². The predicted molar refractivity (Wildman–Crippen MR) is 68.1 cm³/mol. The third kappa shape index (κ3) is 2.99. The third-order valence-electron chi connectivity index (χ3n) is 2.81. The highest BCUT2D eigenvalue weighted by Gasteiger charge is 2.16. The molecule has 1 atom stereocenters. The molecular weight excluding hydrogens is 222 g/mol. The van der Waals surface area contributed by atoms with Crippen LogP contribution in [0.15, 0.2) is 24.3 Å². The van der Waals surface area contributed by atoms with Crippen molar-refractivity contribution in [1.29, 1.82) is 0 Å². The molecule has 1 unspecified atom stereocenters. The predicted octanol–water partition coefficient (Wildman–Crippen LogP) is 2.95. The zero-order valence-corrected chi connectivity index (χ0v) is 10.8. The summed E-state index contributed by atoms with van der Waals surface area (Å²) in [5.41, 5.74) is 1.96. The van der Waals surface area contributed by atoms with E-state index in [0.29, 0.717) is 5.88 Å². The summed E-state index contributed by atoms with van der Waals surface area (Å²) in [5.74, 6) is 0.478. The molecule has 0 fully saturated rings. The average Bonchev–Trinajstić information content (AvgIpc) is 2.36. The monoisotopic (exact) mass is 239 g/mol. The van der Waals surface area contributed by atoms with Crippen LogP contribution in [0.4, 0.5) is 0 Å². The van der Waals surface area contributed by atoms with Crippen molar-refractivity contribution in [3.05, 3.63) is 35.4 Å². The first-order valence-electron chi connectivity index (χ1n) is 5.52. The smallest absolute Gasteiger partial charge is 0.253 e. The molecule has 3 heteroatoms. The number of halogens is 1. The Bertz CT molecular complexity index is 347. The molecule has 1 aromatic rings. The second-order valence-corrected chi connectivity index (χ2v) is 4.28. The minimum absolute atomic E-state index is 0.0239. The summed E-state index contributed by atoms with van der Waals surface area (Å²) < 4.78 is 0. The van der Waals surface area contributed by atoms with Crippen molar-refractivity contribution in [3.8, 4) is 0 Å². The highest BCUT2D eigenvalue weighted by molar-refractivity contribution is 6.18. The summed E-state index contributed by atoms with van der Waals surface area (Å²) in [6.45, 7) is 4.03. The number of carbonyl (C=O) groups excluding carboxylic acids is 1. The van der Waals surface area contributed by atoms with Gasteiger partial charge in [-0.05, 0) is 31.0 Å². The number of hydrogen-bond acceptors (Lipinski definition) is 1. The number of rotatable bonds is 4. The SMILES string of the molecule is CCc1ccc(C(=O)N(C)C(C)CCl)cc1. The Balaban J connectivity index is 2.80. The number of amides is 1. The van der Waals surface area contributed by atoms with Crippen LogP contribution >= 0.6 is 11.6 Å². The quantitative estimate of drug-likeness (QED) is 0.740. The van der Waals surface area contributed by atoms with Gasteiger partial charge < -0.3 is 4.90 Å². The van der Waals surface area contributed by atoms with Crippen molar-refractivity contribution in [2.45, 2.75) is 26.3 Å². The van der Waals surface area contributed by atoms with Gasteiger partial charge in [-0.15, -0.1) is 11.6 Å². The molecule has 0 aliphatic carbocycles. The molecule has 0 spiro atoms. The number of carbonyl (C=O) groups is 1. The Morgan fingerprint density at radius 2 is 1.94 bits per heavy atom. The van der Waals surface area contributed by atoms with E-state index in [-0.39, 0.29) is 11.9 Å². The molecule has 0 radical (unpaired) electrons. The maximum Gasteiger partial charge on any atom is 0.253 e. The van der Waals surface area contributed by atoms with E-state index in [9.17, 15) is 4.79 Å². The average molecular weight is 240 g/mol. The van der Waals surface area contributed by atoms with Crippen molar-refractivity contribution in [1.82, 2.24) is 4.90 Å². The topological polar surface area (TPSA) is 20.3 Å². The number of nitrogens with zero attached hydrogens (tertiary/aromatic N) is 1. The zero-order valence-electron chi connectivity index (χ0n) is 10.0. The lowest BCUT2D eigenvalue weighted by atomic mass is 10.1. The Hall–Kier alpha value is -1.02. The van der Waals surface area contributed by atoms with Crippen molar-refractivity contribution in [2.75, 3.05) is 12.9 Å². The standard InChI is InChI=1S/C13H18ClNO/c1-4-11-5-7-12(8-6-11)13(16)15(3)10(2)9-14/h5-8,10H,4,9H2,1-3H3. The van der Waals surface area contributed by atoms with Crippen molar-refractivity contribution < 1.29 is 4.79 Å². The maximum absolute atomic E-state index is 12.0. The molecule has 0 N–H and O–H groups in total. The van der Waals surface area contributed by atoms with E-state index in [1.807, 2.05) is 31.2 Å². The van der Waals surface area contributed by atoms with E-state index in [1.54, 1.807) is 11.9 Å². The molecule has 16 heavy (non-hydrogen) atoms. The molecule has 0 aliphatic heterocycles. The third-order valence-corrected chi connectivity index (χ3v) is 3.26. The summed E-state index contributed by atoms with van der Waals surface area (Å²) in [5, 5.41) is 0. The van der Waals surface area contributed by atoms with E-state index in [2.05, 4.69) is 6.92 Å². The lowest BCUT2D eigenvalue weighted by molar-refractivity contribution is 0.0756. The van der Waals surface area contributed by atoms with E-state index in [4.69, 9.17) is 11.6 Å². The molecule has 0 heterocycles. The van der Waals surface area contributed by atoms with E-state index in [1.165, 1.54) is 5.56 Å². The van der Waals surface area contributed by atoms with Crippen molar-refractivity contribution >= 4 is 17.5 Å². The van der Waals surface area contributed by atoms with Gasteiger partial charge in [-0.3, -0.25) is 4.79 Å². The molecular formula is C13H18ClNO. The molecule has 88 valence electrons. The van der Waals surface area contributed by atoms with Gasteiger partial charge in [-0.2, -0.15) is 0 Å². The molecule has 2 nitrogen and oxygen atoms in total. The molecule has 1 amide bonds. The van der Waals surface area contributed by atoms with Gasteiger partial charge in [0.1, 0.15) is 0 Å². The van der Waals surface area contributed by atoms with Crippen LogP contribution in [0.3, 0.4) is 0 Å². The van der Waals surface area contributed by atoms with Gasteiger partial charge in [0.15, 0.2) is 0 Å². The van der Waals surface area contributed by atoms with Crippen LogP contribution in [0.2, 0.25) is 0 Å². The number of benzene rings is 1. The van der Waals surface area contributed by atoms with Gasteiger partial charge in [0.05, 0.1) is 0 Å². The zero-order chi connectivity index (χ0) is 12.1. The Morgan fingerprint density at radius 3 is 2.38 bits per heavy atom. The van der Waals surface area contributed by atoms with Crippen LogP contribution in [-0.2, 0) is 6.42 Å². The van der Waals surface area contributed by atoms with Crippen LogP contribution in [0.5, 0.6) is 0 Å². The van der Waals surface area contributed by atoms with E-state index < -0.39 is 0 Å². The maximum atomic E-state index is 12.0. The molecule has 0 aromatic heterocycles. The summed E-state index contributed by atoms with van der Waals surface area (Å²) in [6.07, 6.45) is 0.988. The fraction of sp³-hybridized carbons (Fsp3) is 0.462. The van der Waals surface area contributed by atoms with Gasteiger partial charge in [0.2, 0.25) is 0 Å². The van der Waals surface area contributed by atoms with Crippen molar-refractivity contribution in [2.24, 2.45) is 0 Å². The van der Waals surface area contributed by atoms with Crippen LogP contribution in [0, 0.1) is 0 Å². The molecule has 0 saturated carbocycles. The normalized spacial score (nSPS) is 12.2. The molecule has 1 aromatic carbocycles. The highest BCUT2D eigenvalue weighted by atomic mass is 35.5. The van der Waals surface area contributed by atoms with E-state index in [0.717, 1.165) is 12.0 Å². The van der Waals surface area contributed by atoms with Crippen LogP contribution < -0.4 is 0 Å². The Labute approximate surface area is 102 Å². The second kappa shape index (κ2) is 5.90. The number of alkyl halides is 1. The first-order valence-corrected chi connectivity index (χ1v) is 6.05. The van der Waals surface area contributed by atoms with Gasteiger partial charge in [0.25, 0.3) is 5.91 Å². The van der Waals surface area contributed by atoms with Gasteiger partial charge in [-0.25, -0.2) is 0 Å². The lowest BCUT2D eigenvalue weighted by Crippen LogP contribution is -2.36. The Kier molecular flexibility index (Phi) is 4.81. The first kappa shape index (κ1) is 13.0. The number of hydrogen-bond donors (Lipinski definition) is 0. The summed E-state index contributed by atoms with van der Waals surface area (Å²) in [6, 6.07) is 7.79. The first-order chi connectivity index (χ1) is 7.60. The van der Waals surface area contributed by atoms with Crippen LogP contribution in [0.1, 0.15) is 29.8 Å². The molecule has 1 rings (SSSR count). The summed E-state index contributed by atoms with van der Waals surface area (Å²) >= 11 is 5.73. The highest BCUT2D eigenvalue weighted by Crippen LogP contribution is 2.09. The second-order valence-electron chi connectivity index (χ2n) is 3.97. The fourth-order valence-electron chi connectivity index (χ4n) is 1.39. The summed E-state index contributed by atoms with van der Waals surface area (Å²) in [7, 11) is 1.78. The van der Waals surface area contributed by atoms with Gasteiger partial charge in [-0.1, -0.05) is 19.1 Å². The van der Waals surface area contributed by atoms with E-state index >= 15 is 0 Å². The molecule has 0 saturated heterocycles. The minimum atomic E-state index is 0.0239. The summed E-state index contributed by atoms with van der Waals surface area (Å²) in [4.78, 5) is 13.7. The largest absolute Gasteiger partial charge is 0.338 e. The molecule has 0 bridgehead atoms.